The topological polar surface area (TPSA) is 119 Å². The van der Waals surface area contributed by atoms with Crippen molar-refractivity contribution in [3.05, 3.63) is 18.2 Å². The van der Waals surface area contributed by atoms with Gasteiger partial charge in [-0.3, -0.25) is 4.79 Å². The van der Waals surface area contributed by atoms with Crippen molar-refractivity contribution in [1.29, 1.82) is 0 Å². The van der Waals surface area contributed by atoms with E-state index in [2.05, 4.69) is 5.32 Å². The van der Waals surface area contributed by atoms with E-state index < -0.39 is 10.0 Å². The average molecular weight is 312 g/mol. The molecule has 116 valence electrons. The van der Waals surface area contributed by atoms with Gasteiger partial charge in [0.05, 0.1) is 5.69 Å². The zero-order valence-corrected chi connectivity index (χ0v) is 12.5. The van der Waals surface area contributed by atoms with Crippen LogP contribution in [0.4, 0.5) is 11.4 Å². The Kier molecular flexibility index (Phi) is 4.69. The Morgan fingerprint density at radius 2 is 1.95 bits per heavy atom. The van der Waals surface area contributed by atoms with Crippen molar-refractivity contribution >= 4 is 27.3 Å². The molecule has 8 heteroatoms. The van der Waals surface area contributed by atoms with Gasteiger partial charge in [0.1, 0.15) is 4.90 Å². The van der Waals surface area contributed by atoms with Crippen molar-refractivity contribution in [2.75, 3.05) is 30.7 Å². The number of anilines is 2. The van der Waals surface area contributed by atoms with Gasteiger partial charge in [-0.1, -0.05) is 0 Å². The molecule has 0 radical (unpaired) electrons. The molecule has 1 amide bonds. The Morgan fingerprint density at radius 1 is 1.29 bits per heavy atom. The SMILES string of the molecule is Nc1cc(NCCC(=O)N2CCCC2)ccc1S(N)(=O)=O. The van der Waals surface area contributed by atoms with E-state index in [9.17, 15) is 13.2 Å². The number of nitrogen functional groups attached to an aromatic ring is 1. The Bertz CT molecular complexity index is 624. The van der Waals surface area contributed by atoms with Crippen LogP contribution in [0.1, 0.15) is 19.3 Å². The lowest BCUT2D eigenvalue weighted by Gasteiger charge is -2.15. The second-order valence-corrected chi connectivity index (χ2v) is 6.59. The summed E-state index contributed by atoms with van der Waals surface area (Å²) in [6.45, 7) is 2.16. The first-order valence-electron chi connectivity index (χ1n) is 6.82. The second-order valence-electron chi connectivity index (χ2n) is 5.06. The van der Waals surface area contributed by atoms with Crippen LogP contribution in [-0.4, -0.2) is 38.9 Å². The molecule has 21 heavy (non-hydrogen) atoms. The quantitative estimate of drug-likeness (QED) is 0.677. The zero-order valence-electron chi connectivity index (χ0n) is 11.7. The third-order valence-electron chi connectivity index (χ3n) is 3.44. The number of hydrogen-bond acceptors (Lipinski definition) is 5. The largest absolute Gasteiger partial charge is 0.398 e. The van der Waals surface area contributed by atoms with Crippen LogP contribution in [0.15, 0.2) is 23.1 Å². The van der Waals surface area contributed by atoms with Crippen molar-refractivity contribution in [2.24, 2.45) is 5.14 Å². The molecule has 1 aliphatic heterocycles. The number of carbonyl (C=O) groups is 1. The molecular formula is C13H20N4O3S. The summed E-state index contributed by atoms with van der Waals surface area (Å²) in [5.41, 5.74) is 6.42. The molecule has 1 heterocycles. The lowest BCUT2D eigenvalue weighted by atomic mass is 10.2. The lowest BCUT2D eigenvalue weighted by Crippen LogP contribution is -2.29. The average Bonchev–Trinajstić information content (AvgIpc) is 2.91. The van der Waals surface area contributed by atoms with Crippen LogP contribution in [0.3, 0.4) is 0 Å². The van der Waals surface area contributed by atoms with E-state index in [0.29, 0.717) is 18.7 Å². The Morgan fingerprint density at radius 3 is 2.52 bits per heavy atom. The fraction of sp³-hybridized carbons (Fsp3) is 0.462. The number of sulfonamides is 1. The first-order chi connectivity index (χ1) is 9.88. The van der Waals surface area contributed by atoms with E-state index in [4.69, 9.17) is 10.9 Å². The normalized spacial score (nSPS) is 15.2. The van der Waals surface area contributed by atoms with Gasteiger partial charge >= 0.3 is 0 Å². The maximum atomic E-state index is 11.9. The highest BCUT2D eigenvalue weighted by Gasteiger charge is 2.17. The van der Waals surface area contributed by atoms with Gasteiger partial charge in [0.2, 0.25) is 15.9 Å². The number of hydrogen-bond donors (Lipinski definition) is 3. The van der Waals surface area contributed by atoms with Crippen LogP contribution in [0.5, 0.6) is 0 Å². The third-order valence-corrected chi connectivity index (χ3v) is 4.43. The summed E-state index contributed by atoms with van der Waals surface area (Å²) in [4.78, 5) is 13.6. The van der Waals surface area contributed by atoms with Gasteiger partial charge in [0, 0.05) is 31.7 Å². The molecule has 0 unspecified atom stereocenters. The number of nitrogens with one attached hydrogen (secondary N) is 1. The minimum Gasteiger partial charge on any atom is -0.398 e. The highest BCUT2D eigenvalue weighted by molar-refractivity contribution is 7.89. The van der Waals surface area contributed by atoms with Crippen LogP contribution >= 0.6 is 0 Å². The molecule has 2 rings (SSSR count). The zero-order chi connectivity index (χ0) is 15.5. The van der Waals surface area contributed by atoms with Gasteiger partial charge in [-0.25, -0.2) is 13.6 Å². The third kappa shape index (κ3) is 4.08. The van der Waals surface area contributed by atoms with Crippen LogP contribution in [-0.2, 0) is 14.8 Å². The lowest BCUT2D eigenvalue weighted by molar-refractivity contribution is -0.129. The van der Waals surface area contributed by atoms with E-state index in [1.807, 2.05) is 4.90 Å². The number of rotatable bonds is 5. The molecule has 0 aromatic heterocycles. The Hall–Kier alpha value is -1.80. The van der Waals surface area contributed by atoms with Crippen molar-refractivity contribution in [3.8, 4) is 0 Å². The molecule has 1 aromatic rings. The molecule has 0 bridgehead atoms. The minimum absolute atomic E-state index is 0.0911. The van der Waals surface area contributed by atoms with Gasteiger partial charge in [0.15, 0.2) is 0 Å². The maximum absolute atomic E-state index is 11.9. The van der Waals surface area contributed by atoms with Crippen molar-refractivity contribution < 1.29 is 13.2 Å². The van der Waals surface area contributed by atoms with E-state index in [1.54, 1.807) is 6.07 Å². The van der Waals surface area contributed by atoms with Crippen molar-refractivity contribution in [3.63, 3.8) is 0 Å². The molecule has 0 aliphatic carbocycles. The van der Waals surface area contributed by atoms with Gasteiger partial charge in [-0.15, -0.1) is 0 Å². The van der Waals surface area contributed by atoms with E-state index in [-0.39, 0.29) is 16.5 Å². The predicted molar refractivity (Wildman–Crippen MR) is 81.1 cm³/mol. The van der Waals surface area contributed by atoms with E-state index >= 15 is 0 Å². The van der Waals surface area contributed by atoms with Crippen molar-refractivity contribution in [1.82, 2.24) is 4.90 Å². The van der Waals surface area contributed by atoms with Crippen LogP contribution < -0.4 is 16.2 Å². The molecule has 0 saturated carbocycles. The predicted octanol–water partition coefficient (Wildman–Crippen LogP) is 0.341. The first kappa shape index (κ1) is 15.6. The number of benzene rings is 1. The molecular weight excluding hydrogens is 292 g/mol. The molecule has 5 N–H and O–H groups in total. The Labute approximate surface area is 124 Å². The van der Waals surface area contributed by atoms with Crippen LogP contribution in [0, 0.1) is 0 Å². The van der Waals surface area contributed by atoms with Crippen molar-refractivity contribution in [2.45, 2.75) is 24.2 Å². The fourth-order valence-electron chi connectivity index (χ4n) is 2.36. The van der Waals surface area contributed by atoms with E-state index in [0.717, 1.165) is 25.9 Å². The number of carbonyl (C=O) groups excluding carboxylic acids is 1. The number of likely N-dealkylation sites (tertiary alicyclic amines) is 1. The standard InChI is InChI=1S/C13H20N4O3S/c14-11-9-10(3-4-12(11)21(15,19)20)16-6-5-13(18)17-7-1-2-8-17/h3-4,9,16H,1-2,5-8,14H2,(H2,15,19,20). The summed E-state index contributed by atoms with van der Waals surface area (Å²) in [7, 11) is -3.81. The van der Waals surface area contributed by atoms with Gasteiger partial charge < -0.3 is 16.0 Å². The Balaban J connectivity index is 1.89. The summed E-state index contributed by atoms with van der Waals surface area (Å²) in [5.74, 6) is 0.133. The summed E-state index contributed by atoms with van der Waals surface area (Å²) in [6.07, 6.45) is 2.55. The minimum atomic E-state index is -3.81. The van der Waals surface area contributed by atoms with Gasteiger partial charge in [0.25, 0.3) is 0 Å². The molecule has 1 aromatic carbocycles. The summed E-state index contributed by atoms with van der Waals surface area (Å²) < 4.78 is 22.5. The summed E-state index contributed by atoms with van der Waals surface area (Å²) in [5, 5.41) is 8.09. The molecule has 0 spiro atoms. The fourth-order valence-corrected chi connectivity index (χ4v) is 3.00. The highest BCUT2D eigenvalue weighted by Crippen LogP contribution is 2.21. The van der Waals surface area contributed by atoms with E-state index in [1.165, 1.54) is 12.1 Å². The smallest absolute Gasteiger partial charge is 0.240 e. The monoisotopic (exact) mass is 312 g/mol. The first-order valence-corrected chi connectivity index (χ1v) is 8.36. The summed E-state index contributed by atoms with van der Waals surface area (Å²) >= 11 is 0. The number of nitrogens with two attached hydrogens (primary N) is 2. The number of primary sulfonamides is 1. The molecule has 7 nitrogen and oxygen atoms in total. The number of nitrogens with zero attached hydrogens (tertiary/aromatic N) is 1. The molecule has 1 fully saturated rings. The van der Waals surface area contributed by atoms with Gasteiger partial charge in [-0.2, -0.15) is 0 Å². The van der Waals surface area contributed by atoms with Crippen LogP contribution in [0.25, 0.3) is 0 Å². The molecule has 1 saturated heterocycles. The molecule has 0 atom stereocenters. The summed E-state index contributed by atoms with van der Waals surface area (Å²) in [6, 6.07) is 4.44. The highest BCUT2D eigenvalue weighted by atomic mass is 32.2. The van der Waals surface area contributed by atoms with Crippen LogP contribution in [0.2, 0.25) is 0 Å². The second kappa shape index (κ2) is 6.31. The van der Waals surface area contributed by atoms with Gasteiger partial charge in [-0.05, 0) is 31.0 Å². The maximum Gasteiger partial charge on any atom is 0.240 e. The molecule has 1 aliphatic rings. The number of amides is 1.